The highest BCUT2D eigenvalue weighted by Crippen LogP contribution is 2.57. The number of hydrogen-bond donors (Lipinski definition) is 1. The Morgan fingerprint density at radius 3 is 2.88 bits per heavy atom. The van der Waals surface area contributed by atoms with Crippen LogP contribution in [0.4, 0.5) is 0 Å². The average Bonchev–Trinajstić information content (AvgIpc) is 2.82. The summed E-state index contributed by atoms with van der Waals surface area (Å²) in [6.45, 7) is 3.05. The quantitative estimate of drug-likeness (QED) is 0.842. The number of ether oxygens (including phenoxy) is 1. The highest BCUT2D eigenvalue weighted by atomic mass is 16.5. The van der Waals surface area contributed by atoms with E-state index in [0.717, 1.165) is 17.7 Å². The van der Waals surface area contributed by atoms with Crippen molar-refractivity contribution in [3.8, 4) is 0 Å². The predicted octanol–water partition coefficient (Wildman–Crippen LogP) is 1.62. The summed E-state index contributed by atoms with van der Waals surface area (Å²) in [5.74, 6) is 3.67. The van der Waals surface area contributed by atoms with Gasteiger partial charge in [0, 0.05) is 12.5 Å². The van der Waals surface area contributed by atoms with Gasteiger partial charge in [-0.15, -0.1) is 0 Å². The van der Waals surface area contributed by atoms with Gasteiger partial charge in [0.15, 0.2) is 5.82 Å². The van der Waals surface area contributed by atoms with E-state index < -0.39 is 0 Å². The van der Waals surface area contributed by atoms with Crippen molar-refractivity contribution in [1.29, 1.82) is 0 Å². The summed E-state index contributed by atoms with van der Waals surface area (Å²) >= 11 is 0. The lowest BCUT2D eigenvalue weighted by atomic mass is 10.0. The van der Waals surface area contributed by atoms with E-state index in [1.165, 1.54) is 19.3 Å². The van der Waals surface area contributed by atoms with Crippen LogP contribution in [0.1, 0.15) is 49.9 Å². The number of fused-ring (bicyclic) bond motifs is 1. The number of rotatable bonds is 5. The standard InChI is InChI=1S/C12H19N3O2/c1-2-16-6-10(13)11-14-12(17-15-11)9-4-7-3-8(7)5-9/h7-10H,2-6,13H2,1H3. The molecule has 5 heteroatoms. The summed E-state index contributed by atoms with van der Waals surface area (Å²) in [5, 5.41) is 3.96. The van der Waals surface area contributed by atoms with Gasteiger partial charge in [-0.25, -0.2) is 0 Å². The molecule has 2 N–H and O–H groups in total. The number of nitrogens with zero attached hydrogens (tertiary/aromatic N) is 2. The molecule has 0 amide bonds. The molecule has 0 radical (unpaired) electrons. The van der Waals surface area contributed by atoms with Gasteiger partial charge in [-0.2, -0.15) is 4.98 Å². The molecule has 2 fully saturated rings. The lowest BCUT2D eigenvalue weighted by Crippen LogP contribution is -2.18. The van der Waals surface area contributed by atoms with Crippen LogP contribution in [0.25, 0.3) is 0 Å². The Hall–Kier alpha value is -0.940. The first-order valence-corrected chi connectivity index (χ1v) is 6.44. The van der Waals surface area contributed by atoms with Crippen molar-refractivity contribution in [2.45, 2.75) is 38.1 Å². The van der Waals surface area contributed by atoms with Crippen LogP contribution in [-0.2, 0) is 4.74 Å². The smallest absolute Gasteiger partial charge is 0.229 e. The first kappa shape index (κ1) is 11.2. The third kappa shape index (κ3) is 2.21. The predicted molar refractivity (Wildman–Crippen MR) is 61.3 cm³/mol. The van der Waals surface area contributed by atoms with Crippen LogP contribution < -0.4 is 5.73 Å². The molecular weight excluding hydrogens is 218 g/mol. The molecule has 3 atom stereocenters. The van der Waals surface area contributed by atoms with E-state index in [0.29, 0.717) is 25.0 Å². The van der Waals surface area contributed by atoms with E-state index in [4.69, 9.17) is 15.0 Å². The monoisotopic (exact) mass is 237 g/mol. The van der Waals surface area contributed by atoms with E-state index in [-0.39, 0.29) is 6.04 Å². The molecule has 94 valence electrons. The van der Waals surface area contributed by atoms with Crippen molar-refractivity contribution in [2.24, 2.45) is 17.6 Å². The summed E-state index contributed by atoms with van der Waals surface area (Å²) < 4.78 is 10.6. The Bertz CT molecular complexity index is 383. The van der Waals surface area contributed by atoms with Gasteiger partial charge < -0.3 is 15.0 Å². The highest BCUT2D eigenvalue weighted by molar-refractivity contribution is 5.07. The van der Waals surface area contributed by atoms with Crippen LogP contribution in [-0.4, -0.2) is 23.4 Å². The zero-order valence-corrected chi connectivity index (χ0v) is 10.1. The maximum Gasteiger partial charge on any atom is 0.229 e. The van der Waals surface area contributed by atoms with Gasteiger partial charge in [-0.1, -0.05) is 5.16 Å². The van der Waals surface area contributed by atoms with Crippen LogP contribution in [0.3, 0.4) is 0 Å². The second-order valence-electron chi connectivity index (χ2n) is 5.18. The lowest BCUT2D eigenvalue weighted by molar-refractivity contribution is 0.130. The number of hydrogen-bond acceptors (Lipinski definition) is 5. The van der Waals surface area contributed by atoms with Crippen molar-refractivity contribution < 1.29 is 9.26 Å². The third-order valence-electron chi connectivity index (χ3n) is 3.88. The summed E-state index contributed by atoms with van der Waals surface area (Å²) in [6.07, 6.45) is 3.83. The van der Waals surface area contributed by atoms with Crippen LogP contribution >= 0.6 is 0 Å². The first-order chi connectivity index (χ1) is 8.28. The summed E-state index contributed by atoms with van der Waals surface area (Å²) in [4.78, 5) is 4.42. The van der Waals surface area contributed by atoms with Crippen molar-refractivity contribution in [2.75, 3.05) is 13.2 Å². The molecule has 2 saturated carbocycles. The van der Waals surface area contributed by atoms with Crippen molar-refractivity contribution in [3.05, 3.63) is 11.7 Å². The van der Waals surface area contributed by atoms with E-state index in [1.54, 1.807) is 0 Å². The van der Waals surface area contributed by atoms with Crippen molar-refractivity contribution in [3.63, 3.8) is 0 Å². The molecule has 2 aliphatic carbocycles. The van der Waals surface area contributed by atoms with Gasteiger partial charge in [0.05, 0.1) is 12.6 Å². The number of aromatic nitrogens is 2. The van der Waals surface area contributed by atoms with Crippen LogP contribution in [0.15, 0.2) is 4.52 Å². The maximum atomic E-state index is 5.92. The Morgan fingerprint density at radius 2 is 2.18 bits per heavy atom. The summed E-state index contributed by atoms with van der Waals surface area (Å²) in [7, 11) is 0. The molecule has 1 aromatic heterocycles. The lowest BCUT2D eigenvalue weighted by Gasteiger charge is -2.06. The fraction of sp³-hybridized carbons (Fsp3) is 0.833. The number of nitrogens with two attached hydrogens (primary N) is 1. The minimum absolute atomic E-state index is 0.275. The minimum Gasteiger partial charge on any atom is -0.380 e. The molecule has 0 aliphatic heterocycles. The Labute approximate surface area is 101 Å². The maximum absolute atomic E-state index is 5.92. The topological polar surface area (TPSA) is 74.2 Å². The molecule has 0 bridgehead atoms. The van der Waals surface area contributed by atoms with Crippen LogP contribution in [0, 0.1) is 11.8 Å². The van der Waals surface area contributed by atoms with Gasteiger partial charge in [0.25, 0.3) is 0 Å². The largest absolute Gasteiger partial charge is 0.380 e. The Kier molecular flexibility index (Phi) is 2.88. The molecule has 2 aliphatic rings. The minimum atomic E-state index is -0.275. The SMILES string of the molecule is CCOCC(N)c1noc(C2CC3CC3C2)n1. The molecule has 5 nitrogen and oxygen atoms in total. The van der Waals surface area contributed by atoms with E-state index >= 15 is 0 Å². The van der Waals surface area contributed by atoms with Crippen LogP contribution in [0.2, 0.25) is 0 Å². The molecule has 3 rings (SSSR count). The van der Waals surface area contributed by atoms with Gasteiger partial charge in [-0.3, -0.25) is 0 Å². The third-order valence-corrected chi connectivity index (χ3v) is 3.88. The Balaban J connectivity index is 1.61. The zero-order chi connectivity index (χ0) is 11.8. The second-order valence-corrected chi connectivity index (χ2v) is 5.18. The second kappa shape index (κ2) is 4.38. The summed E-state index contributed by atoms with van der Waals surface area (Å²) in [6, 6.07) is -0.275. The fourth-order valence-electron chi connectivity index (χ4n) is 2.80. The van der Waals surface area contributed by atoms with Crippen molar-refractivity contribution >= 4 is 0 Å². The molecule has 0 spiro atoms. The van der Waals surface area contributed by atoms with Gasteiger partial charge in [0.2, 0.25) is 5.89 Å². The first-order valence-electron chi connectivity index (χ1n) is 6.44. The van der Waals surface area contributed by atoms with Gasteiger partial charge >= 0.3 is 0 Å². The van der Waals surface area contributed by atoms with E-state index in [9.17, 15) is 0 Å². The van der Waals surface area contributed by atoms with Gasteiger partial charge in [0.1, 0.15) is 0 Å². The normalized spacial score (nSPS) is 32.5. The van der Waals surface area contributed by atoms with Crippen molar-refractivity contribution in [1.82, 2.24) is 10.1 Å². The van der Waals surface area contributed by atoms with E-state index in [1.807, 2.05) is 6.92 Å². The molecule has 17 heavy (non-hydrogen) atoms. The molecule has 0 saturated heterocycles. The average molecular weight is 237 g/mol. The molecule has 1 aromatic rings. The fourth-order valence-corrected chi connectivity index (χ4v) is 2.80. The molecular formula is C12H19N3O2. The molecule has 1 heterocycles. The Morgan fingerprint density at radius 1 is 1.41 bits per heavy atom. The van der Waals surface area contributed by atoms with Crippen LogP contribution in [0.5, 0.6) is 0 Å². The molecule has 3 unspecified atom stereocenters. The highest BCUT2D eigenvalue weighted by Gasteiger charge is 2.47. The zero-order valence-electron chi connectivity index (χ0n) is 10.1. The summed E-state index contributed by atoms with van der Waals surface area (Å²) in [5.41, 5.74) is 5.92. The van der Waals surface area contributed by atoms with E-state index in [2.05, 4.69) is 10.1 Å². The molecule has 0 aromatic carbocycles. The van der Waals surface area contributed by atoms with Gasteiger partial charge in [-0.05, 0) is 38.0 Å².